The monoisotopic (exact) mass is 497 g/mol. The molecule has 0 saturated carbocycles. The molecule has 36 heavy (non-hydrogen) atoms. The lowest BCUT2D eigenvalue weighted by atomic mass is 9.97. The van der Waals surface area contributed by atoms with Gasteiger partial charge in [0.2, 0.25) is 0 Å². The third-order valence-electron chi connectivity index (χ3n) is 5.24. The number of pyridine rings is 2. The lowest BCUT2D eigenvalue weighted by Crippen LogP contribution is -2.32. The molecule has 0 aliphatic carbocycles. The van der Waals surface area contributed by atoms with Gasteiger partial charge in [-0.15, -0.1) is 0 Å². The maximum Gasteiger partial charge on any atom is 0.417 e. The number of alkyl halides is 1. The van der Waals surface area contributed by atoms with E-state index in [2.05, 4.69) is 32.5 Å². The van der Waals surface area contributed by atoms with Crippen LogP contribution in [-0.4, -0.2) is 34.3 Å². The van der Waals surface area contributed by atoms with Crippen molar-refractivity contribution in [2.24, 2.45) is 0 Å². The first-order valence-corrected chi connectivity index (χ1v) is 11.3. The minimum Gasteiger partial charge on any atom is -0.416 e. The maximum atomic E-state index is 14.6. The Morgan fingerprint density at radius 2 is 1.83 bits per heavy atom. The van der Waals surface area contributed by atoms with Crippen LogP contribution >= 0.6 is 0 Å². The van der Waals surface area contributed by atoms with Crippen LogP contribution in [-0.2, 0) is 4.74 Å². The number of ether oxygens (including phenoxy) is 1. The molecule has 1 aromatic carbocycles. The normalized spacial score (nSPS) is 11.2. The van der Waals surface area contributed by atoms with Crippen molar-refractivity contribution in [3.63, 3.8) is 0 Å². The first kappa shape index (κ1) is 26.5. The van der Waals surface area contributed by atoms with Gasteiger partial charge in [-0.2, -0.15) is 0 Å². The minimum atomic E-state index is -1.42. The highest BCUT2D eigenvalue weighted by Crippen LogP contribution is 2.32. The Bertz CT molecular complexity index is 1340. The molecule has 0 unspecified atom stereocenters. The number of aromatic nitrogens is 2. The summed E-state index contributed by atoms with van der Waals surface area (Å²) in [5, 5.41) is 8.23. The van der Waals surface area contributed by atoms with Gasteiger partial charge in [-0.3, -0.25) is 10.3 Å². The van der Waals surface area contributed by atoms with Gasteiger partial charge >= 0.3 is 12.1 Å². The van der Waals surface area contributed by atoms with Crippen LogP contribution in [0.5, 0.6) is 0 Å². The van der Waals surface area contributed by atoms with Crippen molar-refractivity contribution in [3.8, 4) is 11.1 Å². The van der Waals surface area contributed by atoms with Crippen molar-refractivity contribution >= 4 is 34.5 Å². The topological polar surface area (TPSA) is 105 Å². The van der Waals surface area contributed by atoms with E-state index in [0.29, 0.717) is 27.7 Å². The standard InChI is InChI=1S/C26H29F2N5O3/c1-14(2)36-25(35)33-23-12-21-17(13-30-23)10-19(16(4)31-21)18-11-22(20(27)9-15(18)3)32-24(34)29-8-7-26(5,6)28/h9-13H,1,7-8H2,2-6H3,(H2,29,32,34)(H,30,33,35). The molecule has 3 rings (SSSR count). The molecule has 0 aliphatic rings. The maximum absolute atomic E-state index is 14.6. The molecule has 0 radical (unpaired) electrons. The number of nitrogens with zero attached hydrogens (tertiary/aromatic N) is 2. The Labute approximate surface area is 208 Å². The molecular formula is C26H29F2N5O3. The number of rotatable bonds is 7. The van der Waals surface area contributed by atoms with Gasteiger partial charge in [-0.25, -0.2) is 23.4 Å². The van der Waals surface area contributed by atoms with Crippen LogP contribution in [0.15, 0.2) is 42.8 Å². The van der Waals surface area contributed by atoms with Crippen LogP contribution in [0.3, 0.4) is 0 Å². The molecule has 10 heteroatoms. The average molecular weight is 498 g/mol. The number of urea groups is 1. The van der Waals surface area contributed by atoms with Gasteiger partial charge < -0.3 is 15.4 Å². The Hall–Kier alpha value is -4.08. The van der Waals surface area contributed by atoms with E-state index in [4.69, 9.17) is 4.74 Å². The largest absolute Gasteiger partial charge is 0.417 e. The fraction of sp³-hybridized carbons (Fsp3) is 0.308. The van der Waals surface area contributed by atoms with E-state index >= 15 is 0 Å². The molecule has 0 aliphatic heterocycles. The molecule has 3 aromatic rings. The summed E-state index contributed by atoms with van der Waals surface area (Å²) in [6, 6.07) is 5.71. The van der Waals surface area contributed by atoms with E-state index in [9.17, 15) is 18.4 Å². The van der Waals surface area contributed by atoms with Crippen LogP contribution in [0.2, 0.25) is 0 Å². The highest BCUT2D eigenvalue weighted by molar-refractivity contribution is 5.92. The van der Waals surface area contributed by atoms with E-state index in [1.54, 1.807) is 33.0 Å². The number of nitrogens with one attached hydrogen (secondary N) is 3. The summed E-state index contributed by atoms with van der Waals surface area (Å²) in [6.07, 6.45) is 0.978. The smallest absolute Gasteiger partial charge is 0.416 e. The van der Waals surface area contributed by atoms with Gasteiger partial charge in [0.05, 0.1) is 17.0 Å². The van der Waals surface area contributed by atoms with E-state index in [1.807, 2.05) is 6.07 Å². The van der Waals surface area contributed by atoms with Gasteiger partial charge in [-0.05, 0) is 70.4 Å². The van der Waals surface area contributed by atoms with Crippen LogP contribution < -0.4 is 16.0 Å². The van der Waals surface area contributed by atoms with Gasteiger partial charge in [0.1, 0.15) is 17.3 Å². The summed E-state index contributed by atoms with van der Waals surface area (Å²) in [4.78, 5) is 32.9. The predicted octanol–water partition coefficient (Wildman–Crippen LogP) is 6.39. The Kier molecular flexibility index (Phi) is 7.87. The summed E-state index contributed by atoms with van der Waals surface area (Å²) in [5.41, 5.74) is 1.86. The summed E-state index contributed by atoms with van der Waals surface area (Å²) in [5.74, 6) is -0.0840. The molecular weight excluding hydrogens is 468 g/mol. The van der Waals surface area contributed by atoms with Crippen molar-refractivity contribution in [1.82, 2.24) is 15.3 Å². The number of fused-ring (bicyclic) bond motifs is 1. The number of carbonyl (C=O) groups excluding carboxylic acids is 2. The number of hydrogen-bond acceptors (Lipinski definition) is 5. The van der Waals surface area contributed by atoms with E-state index in [0.717, 1.165) is 5.56 Å². The zero-order valence-corrected chi connectivity index (χ0v) is 20.9. The van der Waals surface area contributed by atoms with E-state index < -0.39 is 23.6 Å². The first-order valence-electron chi connectivity index (χ1n) is 11.3. The predicted molar refractivity (Wildman–Crippen MR) is 136 cm³/mol. The minimum absolute atomic E-state index is 0.0131. The lowest BCUT2D eigenvalue weighted by molar-refractivity contribution is 0.192. The lowest BCUT2D eigenvalue weighted by Gasteiger charge is -2.16. The Morgan fingerprint density at radius 1 is 1.11 bits per heavy atom. The fourth-order valence-corrected chi connectivity index (χ4v) is 3.49. The molecule has 190 valence electrons. The summed E-state index contributed by atoms with van der Waals surface area (Å²) >= 11 is 0. The van der Waals surface area contributed by atoms with Gasteiger partial charge in [0.15, 0.2) is 0 Å². The molecule has 0 saturated heterocycles. The fourth-order valence-electron chi connectivity index (χ4n) is 3.49. The second kappa shape index (κ2) is 10.7. The quantitative estimate of drug-likeness (QED) is 0.328. The number of hydrogen-bond donors (Lipinski definition) is 3. The molecule has 8 nitrogen and oxygen atoms in total. The van der Waals surface area contributed by atoms with Gasteiger partial charge in [0.25, 0.3) is 0 Å². The van der Waals surface area contributed by atoms with Gasteiger partial charge in [0, 0.05) is 35.5 Å². The van der Waals surface area contributed by atoms with Crippen LogP contribution in [0.25, 0.3) is 22.0 Å². The van der Waals surface area contributed by atoms with Crippen molar-refractivity contribution in [3.05, 3.63) is 59.9 Å². The average Bonchev–Trinajstić information content (AvgIpc) is 2.74. The van der Waals surface area contributed by atoms with Gasteiger partial charge in [-0.1, -0.05) is 6.58 Å². The molecule has 0 atom stereocenters. The highest BCUT2D eigenvalue weighted by Gasteiger charge is 2.17. The highest BCUT2D eigenvalue weighted by atomic mass is 19.1. The number of aryl methyl sites for hydroxylation is 2. The summed E-state index contributed by atoms with van der Waals surface area (Å²) in [7, 11) is 0. The molecule has 3 N–H and O–H groups in total. The van der Waals surface area contributed by atoms with Crippen LogP contribution in [0.1, 0.15) is 38.4 Å². The summed E-state index contributed by atoms with van der Waals surface area (Å²) in [6.45, 7) is 11.6. The number of anilines is 2. The second-order valence-electron chi connectivity index (χ2n) is 9.10. The molecule has 0 spiro atoms. The Morgan fingerprint density at radius 3 is 2.50 bits per heavy atom. The van der Waals surface area contributed by atoms with E-state index in [-0.39, 0.29) is 30.2 Å². The number of amides is 3. The van der Waals surface area contributed by atoms with Crippen LogP contribution in [0.4, 0.5) is 29.9 Å². The zero-order chi connectivity index (χ0) is 26.6. The van der Waals surface area contributed by atoms with E-state index in [1.165, 1.54) is 26.0 Å². The zero-order valence-electron chi connectivity index (χ0n) is 20.9. The summed E-state index contributed by atoms with van der Waals surface area (Å²) < 4.78 is 33.1. The third-order valence-corrected chi connectivity index (χ3v) is 5.24. The third kappa shape index (κ3) is 6.97. The number of halogens is 2. The van der Waals surface area contributed by atoms with Crippen molar-refractivity contribution in [1.29, 1.82) is 0 Å². The molecule has 3 amide bonds. The molecule has 2 aromatic heterocycles. The second-order valence-corrected chi connectivity index (χ2v) is 9.10. The SMILES string of the molecule is C=C(C)OC(=O)Nc1cc2nc(C)c(-c3cc(NC(=O)NCCC(C)(C)F)c(F)cc3C)cc2cn1. The number of benzene rings is 1. The van der Waals surface area contributed by atoms with Crippen molar-refractivity contribution in [2.75, 3.05) is 17.2 Å². The van der Waals surface area contributed by atoms with Crippen molar-refractivity contribution in [2.45, 2.75) is 46.7 Å². The number of carbonyl (C=O) groups is 2. The first-order chi connectivity index (χ1) is 16.8. The molecule has 0 bridgehead atoms. The number of allylic oxidation sites excluding steroid dienone is 1. The van der Waals surface area contributed by atoms with Crippen LogP contribution in [0, 0.1) is 19.7 Å². The molecule has 0 fully saturated rings. The Balaban J connectivity index is 1.86. The van der Waals surface area contributed by atoms with Crippen molar-refractivity contribution < 1.29 is 23.1 Å². The molecule has 2 heterocycles.